The first-order valence-electron chi connectivity index (χ1n) is 13.3. The van der Waals surface area contributed by atoms with Crippen LogP contribution >= 0.6 is 0 Å². The predicted molar refractivity (Wildman–Crippen MR) is 145 cm³/mol. The molecule has 3 aromatic carbocycles. The Kier molecular flexibility index (Phi) is 7.36. The fourth-order valence-corrected chi connectivity index (χ4v) is 5.52. The molecule has 1 saturated heterocycles. The number of aliphatic hydroxyl groups excluding tert-OH is 1. The summed E-state index contributed by atoms with van der Waals surface area (Å²) < 4.78 is 50.3. The Morgan fingerprint density at radius 3 is 2.28 bits per heavy atom. The molecule has 1 fully saturated rings. The Morgan fingerprint density at radius 1 is 0.884 bits per heavy atom. The van der Waals surface area contributed by atoms with Gasteiger partial charge in [-0.15, -0.1) is 0 Å². The molecule has 0 saturated carbocycles. The second-order valence-corrected chi connectivity index (χ2v) is 9.99. The van der Waals surface area contributed by atoms with Crippen LogP contribution in [-0.2, 0) is 35.1 Å². The molecule has 3 heterocycles. The lowest BCUT2D eigenvalue weighted by atomic mass is 9.89. The number of fused-ring (bicyclic) bond motifs is 3. The van der Waals surface area contributed by atoms with Gasteiger partial charge in [0.2, 0.25) is 13.1 Å². The number of aliphatic hydroxyl groups is 1. The molecule has 0 unspecified atom stereocenters. The van der Waals surface area contributed by atoms with Crippen LogP contribution in [0.2, 0.25) is 0 Å². The molecule has 0 spiro atoms. The summed E-state index contributed by atoms with van der Waals surface area (Å²) in [6.07, 6.45) is -5.30. The molecule has 3 aliphatic heterocycles. The number of benzene rings is 3. The van der Waals surface area contributed by atoms with Gasteiger partial charge in [0.1, 0.15) is 12.4 Å². The van der Waals surface area contributed by atoms with Crippen molar-refractivity contribution in [1.29, 1.82) is 0 Å². The molecule has 1 N–H and O–H groups in total. The topological polar surface area (TPSA) is 155 Å². The van der Waals surface area contributed by atoms with E-state index >= 15 is 0 Å². The van der Waals surface area contributed by atoms with Gasteiger partial charge in [0.25, 0.3) is 0 Å². The highest BCUT2D eigenvalue weighted by Crippen LogP contribution is 2.49. The van der Waals surface area contributed by atoms with Crippen molar-refractivity contribution in [2.75, 3.05) is 27.6 Å². The lowest BCUT2D eigenvalue weighted by Gasteiger charge is -2.38. The molecule has 13 nitrogen and oxygen atoms in total. The largest absolute Gasteiger partial charge is 0.493 e. The maximum absolute atomic E-state index is 13.3. The van der Waals surface area contributed by atoms with Crippen molar-refractivity contribution in [3.05, 3.63) is 41.5 Å². The van der Waals surface area contributed by atoms with Crippen LogP contribution in [0.15, 0.2) is 30.3 Å². The summed E-state index contributed by atoms with van der Waals surface area (Å²) in [5, 5.41) is 12.2. The van der Waals surface area contributed by atoms with Crippen molar-refractivity contribution in [2.24, 2.45) is 0 Å². The fourth-order valence-electron chi connectivity index (χ4n) is 5.52. The van der Waals surface area contributed by atoms with Crippen LogP contribution < -0.4 is 23.7 Å². The molecule has 3 aliphatic rings. The molecule has 0 radical (unpaired) electrons. The average molecular weight is 597 g/mol. The lowest BCUT2D eigenvalue weighted by molar-refractivity contribution is -0.253. The third-order valence-electron chi connectivity index (χ3n) is 7.34. The minimum atomic E-state index is -1.57. The molecule has 3 aromatic rings. The summed E-state index contributed by atoms with van der Waals surface area (Å²) in [5.74, 6) is 0.115. The fraction of sp³-hybridized carbons (Fsp3) is 0.367. The van der Waals surface area contributed by atoms with E-state index in [1.807, 2.05) is 0 Å². The van der Waals surface area contributed by atoms with Crippen molar-refractivity contribution in [3.8, 4) is 39.9 Å². The van der Waals surface area contributed by atoms with Gasteiger partial charge in [-0.2, -0.15) is 0 Å². The third-order valence-corrected chi connectivity index (χ3v) is 7.34. The van der Waals surface area contributed by atoms with E-state index in [0.29, 0.717) is 50.5 Å². The zero-order valence-corrected chi connectivity index (χ0v) is 23.7. The summed E-state index contributed by atoms with van der Waals surface area (Å²) in [7, 11) is 2.97. The molecular weight excluding hydrogens is 568 g/mol. The van der Waals surface area contributed by atoms with Gasteiger partial charge >= 0.3 is 17.9 Å². The highest BCUT2D eigenvalue weighted by atomic mass is 16.7. The third kappa shape index (κ3) is 5.00. The van der Waals surface area contributed by atoms with Crippen LogP contribution in [0.3, 0.4) is 0 Å². The van der Waals surface area contributed by atoms with E-state index in [1.165, 1.54) is 28.1 Å². The van der Waals surface area contributed by atoms with Crippen LogP contribution in [0.4, 0.5) is 0 Å². The molecule has 0 amide bonds. The summed E-state index contributed by atoms with van der Waals surface area (Å²) >= 11 is 0. The van der Waals surface area contributed by atoms with E-state index < -0.39 is 42.5 Å². The minimum absolute atomic E-state index is 0.0772. The number of carbonyl (C=O) groups excluding carboxylic acids is 3. The number of rotatable bonds is 7. The van der Waals surface area contributed by atoms with Crippen molar-refractivity contribution < 1.29 is 62.1 Å². The number of cyclic esters (lactones) is 1. The van der Waals surface area contributed by atoms with Crippen LogP contribution in [0, 0.1) is 0 Å². The van der Waals surface area contributed by atoms with Gasteiger partial charge in [0, 0.05) is 30.4 Å². The maximum Gasteiger partial charge on any atom is 0.339 e. The standard InChI is InChI=1S/C30H28O13/c1-13(31)41-23-11-38-30(26(33)28(23)42-14(2)32)43-27-17-9-21(36-4)20(35-3)8-16(17)24(25-18(27)10-37-29(25)34)15-5-6-19-22(7-15)40-12-39-19/h5-9,23,26,28,30,33H,10-12H2,1-4H3/t23-,26+,28-,30-/m0/s1. The summed E-state index contributed by atoms with van der Waals surface area (Å²) in [5.41, 5.74) is 1.83. The molecule has 4 atom stereocenters. The number of hydrogen-bond donors (Lipinski definition) is 1. The quantitative estimate of drug-likeness (QED) is 0.314. The molecule has 43 heavy (non-hydrogen) atoms. The van der Waals surface area contributed by atoms with E-state index in [9.17, 15) is 19.5 Å². The Bertz CT molecular complexity index is 1630. The van der Waals surface area contributed by atoms with Gasteiger partial charge < -0.3 is 47.7 Å². The smallest absolute Gasteiger partial charge is 0.339 e. The van der Waals surface area contributed by atoms with Gasteiger partial charge in [0.05, 0.1) is 26.4 Å². The first-order chi connectivity index (χ1) is 20.7. The van der Waals surface area contributed by atoms with E-state index in [0.717, 1.165) is 0 Å². The van der Waals surface area contributed by atoms with E-state index in [2.05, 4.69) is 0 Å². The number of methoxy groups -OCH3 is 2. The Labute approximate surface area is 245 Å². The molecule has 13 heteroatoms. The average Bonchev–Trinajstić information content (AvgIpc) is 3.61. The van der Waals surface area contributed by atoms with E-state index in [4.69, 9.17) is 42.6 Å². The second kappa shape index (κ2) is 11.2. The van der Waals surface area contributed by atoms with Crippen LogP contribution in [-0.4, -0.2) is 75.2 Å². The number of ether oxygens (including phenoxy) is 9. The molecule has 6 rings (SSSR count). The highest BCUT2D eigenvalue weighted by molar-refractivity contribution is 6.14. The van der Waals surface area contributed by atoms with Gasteiger partial charge in [-0.3, -0.25) is 9.59 Å². The number of carbonyl (C=O) groups is 3. The van der Waals surface area contributed by atoms with Gasteiger partial charge in [-0.1, -0.05) is 6.07 Å². The van der Waals surface area contributed by atoms with Crippen LogP contribution in [0.25, 0.3) is 21.9 Å². The van der Waals surface area contributed by atoms with E-state index in [1.54, 1.807) is 30.3 Å². The minimum Gasteiger partial charge on any atom is -0.493 e. The number of esters is 3. The zero-order valence-electron chi connectivity index (χ0n) is 23.7. The van der Waals surface area contributed by atoms with Crippen molar-refractivity contribution in [3.63, 3.8) is 0 Å². The molecule has 0 aromatic heterocycles. The lowest BCUT2D eigenvalue weighted by Crippen LogP contribution is -2.57. The van der Waals surface area contributed by atoms with Crippen molar-refractivity contribution >= 4 is 28.7 Å². The number of hydrogen-bond acceptors (Lipinski definition) is 13. The Morgan fingerprint density at radius 2 is 1.58 bits per heavy atom. The Hall–Kier alpha value is -4.75. The van der Waals surface area contributed by atoms with Gasteiger partial charge in [-0.05, 0) is 35.2 Å². The summed E-state index contributed by atoms with van der Waals surface area (Å²) in [6, 6.07) is 8.72. The SMILES string of the molecule is COc1cc2c(O[C@@H]3OC[C@H](OC(C)=O)[C@H](OC(C)=O)[C@H]3O)c3c(c(-c4ccc5c(c4)OCO5)c2cc1OC)C(=O)OC3. The first-order valence-corrected chi connectivity index (χ1v) is 13.3. The second-order valence-electron chi connectivity index (χ2n) is 9.99. The van der Waals surface area contributed by atoms with Crippen LogP contribution in [0.1, 0.15) is 29.8 Å². The normalized spacial score (nSPS) is 22.0. The first kappa shape index (κ1) is 28.4. The Balaban J connectivity index is 1.52. The summed E-state index contributed by atoms with van der Waals surface area (Å²) in [4.78, 5) is 36.7. The van der Waals surface area contributed by atoms with Crippen LogP contribution in [0.5, 0.6) is 28.7 Å². The zero-order chi connectivity index (χ0) is 30.4. The molecule has 0 aliphatic carbocycles. The predicted octanol–water partition coefficient (Wildman–Crippen LogP) is 2.88. The van der Waals surface area contributed by atoms with Crippen molar-refractivity contribution in [1.82, 2.24) is 0 Å². The highest BCUT2D eigenvalue weighted by Gasteiger charge is 2.46. The molecule has 226 valence electrons. The monoisotopic (exact) mass is 596 g/mol. The van der Waals surface area contributed by atoms with Crippen molar-refractivity contribution in [2.45, 2.75) is 45.1 Å². The maximum atomic E-state index is 13.3. The summed E-state index contributed by atoms with van der Waals surface area (Å²) in [6.45, 7) is 2.07. The molecule has 0 bridgehead atoms. The van der Waals surface area contributed by atoms with E-state index in [-0.39, 0.29) is 31.3 Å². The molecular formula is C30H28O13. The van der Waals surface area contributed by atoms with Gasteiger partial charge in [0.15, 0.2) is 41.3 Å². The van der Waals surface area contributed by atoms with Gasteiger partial charge in [-0.25, -0.2) is 4.79 Å².